The predicted octanol–water partition coefficient (Wildman–Crippen LogP) is 34.9. The minimum Gasteiger partial charge on any atom is -0.507 e. The molecule has 0 aromatic heterocycles. The Morgan fingerprint density at radius 1 is 0.297 bits per heavy atom. The molecule has 3 unspecified atom stereocenters. The number of methoxy groups -OCH3 is 3. The van der Waals surface area contributed by atoms with E-state index >= 15 is 0 Å². The maximum atomic E-state index is 12.3. The lowest BCUT2D eigenvalue weighted by Crippen LogP contribution is -2.26. The molecule has 148 heavy (non-hydrogen) atoms. The quantitative estimate of drug-likeness (QED) is 0.0178. The number of ether oxygens (including phenoxy) is 3. The summed E-state index contributed by atoms with van der Waals surface area (Å²) in [5.74, 6) is 0.214. The minimum absolute atomic E-state index is 0.0786. The Balaban J connectivity index is -0.000000547. The third kappa shape index (κ3) is 67.8. The van der Waals surface area contributed by atoms with Crippen molar-refractivity contribution >= 4 is 76.8 Å². The summed E-state index contributed by atoms with van der Waals surface area (Å²) in [6.45, 7) is 75.1. The van der Waals surface area contributed by atoms with Gasteiger partial charge in [0.15, 0.2) is 29.9 Å². The van der Waals surface area contributed by atoms with Crippen LogP contribution in [0.25, 0.3) is 0 Å². The average molecular weight is 2100 g/mol. The molecule has 0 amide bonds. The molecule has 0 fully saturated rings. The van der Waals surface area contributed by atoms with Crippen LogP contribution >= 0.6 is 23.2 Å². The first kappa shape index (κ1) is 147. The Labute approximate surface area is 909 Å². The first-order valence-electron chi connectivity index (χ1n) is 53.0. The Morgan fingerprint density at radius 3 is 0.696 bits per heavy atom. The van der Waals surface area contributed by atoms with E-state index in [9.17, 15) is 63.6 Å². The molecule has 0 spiro atoms. The molecule has 0 saturated carbocycles. The van der Waals surface area contributed by atoms with Gasteiger partial charge in [0.05, 0.1) is 46.1 Å². The third-order valence-corrected chi connectivity index (χ3v) is 25.6. The van der Waals surface area contributed by atoms with Gasteiger partial charge in [0.2, 0.25) is 0 Å². The number of aliphatic hydroxyl groups is 1. The zero-order valence-electron chi connectivity index (χ0n) is 99.9. The number of aromatic hydroxyl groups is 4. The molecule has 0 aliphatic heterocycles. The van der Waals surface area contributed by atoms with Crippen LogP contribution in [0.3, 0.4) is 0 Å². The van der Waals surface area contributed by atoms with Crippen LogP contribution in [-0.4, -0.2) is 125 Å². The zero-order valence-corrected chi connectivity index (χ0v) is 101. The summed E-state index contributed by atoms with van der Waals surface area (Å²) in [7, 11) is 4.94. The largest absolute Gasteiger partial charge is 0.507 e. The van der Waals surface area contributed by atoms with Crippen LogP contribution in [-0.2, 0) is 60.6 Å². The van der Waals surface area contributed by atoms with Gasteiger partial charge in [0.25, 0.3) is 0 Å². The van der Waals surface area contributed by atoms with Gasteiger partial charge in [0.1, 0.15) is 46.6 Å². The second-order valence-electron chi connectivity index (χ2n) is 45.0. The van der Waals surface area contributed by atoms with Crippen LogP contribution in [0.2, 0.25) is 10.0 Å². The van der Waals surface area contributed by atoms with Gasteiger partial charge in [-0.15, -0.1) is 0 Å². The molecule has 0 saturated heterocycles. The highest BCUT2D eigenvalue weighted by Crippen LogP contribution is 2.43. The summed E-state index contributed by atoms with van der Waals surface area (Å²) < 4.78 is 16.4. The van der Waals surface area contributed by atoms with Crippen LogP contribution in [0.5, 0.6) is 23.0 Å². The number of Topliss-reactive ketones (excluding diaryl/α,β-unsaturated/α-hetero) is 3. The molecule has 0 bridgehead atoms. The molecule has 2 aromatic carbocycles. The van der Waals surface area contributed by atoms with E-state index in [0.29, 0.717) is 43.0 Å². The number of phenols is 4. The van der Waals surface area contributed by atoms with Gasteiger partial charge in [-0.1, -0.05) is 335 Å². The summed E-state index contributed by atoms with van der Waals surface area (Å²) in [4.78, 5) is 104. The first-order chi connectivity index (χ1) is 68.4. The van der Waals surface area contributed by atoms with E-state index in [1.54, 1.807) is 53.4 Å². The minimum atomic E-state index is -0.393. The normalized spacial score (nSPS) is 14.2. The topological polar surface area (TPSA) is 282 Å². The van der Waals surface area contributed by atoms with Gasteiger partial charge in [-0.3, -0.25) is 43.2 Å². The number of halogens is 2. The number of hydrogen-bond acceptors (Lipinski definition) is 17. The van der Waals surface area contributed by atoms with Crippen LogP contribution in [0, 0.1) is 46.3 Å². The van der Waals surface area contributed by atoms with E-state index in [1.165, 1.54) is 27.9 Å². The molecule has 0 radical (unpaired) electrons. The zero-order chi connectivity index (χ0) is 116. The van der Waals surface area contributed by atoms with Crippen molar-refractivity contribution in [3.8, 4) is 23.0 Å². The smallest absolute Gasteiger partial charge is 0.160 e. The van der Waals surface area contributed by atoms with Crippen molar-refractivity contribution < 1.29 is 82.9 Å². The van der Waals surface area contributed by atoms with E-state index in [4.69, 9.17) is 42.5 Å². The standard InChI is InChI=1S/C25H35ClO5.C24H31ClO4.C18H32O2.C17H30O3.2C17H28O.C11H18O/c1-15(9-8-10-16(2)20(31-7)13-21(28)25(4,5)6)11-12-18-23(29)19(14-27)17(3)22(26)24(18)30;1-15(8-7-9-16(2)11-13-20(27)24(4,5)6)10-12-18-22(28)19(14-26)17(3)21(25)23(18)29;1-8-10-14(2)11-9-12-15(3)16(20-7)13-17(19)18(4,5)6;1-13(10-11-18)8-7-9-14(2)15(20-6)12-16(19)17(3,4)5;2*1-7-9-14(2)10-8-11-15(3)12-13-16(18)17(4,5)6;1-4-6-10(2)7-5-8-11(3)9-12/h10-11,14,20,29-30H,8-9,12-13H2,1-7H3;9-11,13-14,28-29H,7-8,12H2,1-6H3;10,12,16H,8-9,11,13H2,1-7H3;9-10,15,18H,7-8,11-12H2,1-6H3;2*9,11-13H,7-8,10H2,1-6H3;6,8-9H,4-5,7H2,1-3H3/b15-11+,16-10+;13-11+,15-10+,16-9+;14-10+,15-12+;13-10+,14-9+;2*13-12+,14-9+,15-11+;10-6+,11-8+. The van der Waals surface area contributed by atoms with Gasteiger partial charge < -0.3 is 39.7 Å². The van der Waals surface area contributed by atoms with Crippen molar-refractivity contribution in [2.45, 2.75) is 429 Å². The fourth-order valence-electron chi connectivity index (χ4n) is 13.7. The van der Waals surface area contributed by atoms with Crippen LogP contribution in [0.1, 0.15) is 427 Å². The highest BCUT2D eigenvalue weighted by atomic mass is 35.5. The molecule has 3 atom stereocenters. The maximum absolute atomic E-state index is 12.3. The fraction of sp³-hybridized carbons (Fsp3) is 0.574. The summed E-state index contributed by atoms with van der Waals surface area (Å²) >= 11 is 12.2. The number of carbonyl (C=O) groups is 9. The first-order valence-corrected chi connectivity index (χ1v) is 53.7. The van der Waals surface area contributed by atoms with Gasteiger partial charge in [-0.25, -0.2) is 0 Å². The average Bonchev–Trinajstić information content (AvgIpc) is 0.795. The second kappa shape index (κ2) is 77.9. The Morgan fingerprint density at radius 2 is 0.507 bits per heavy atom. The Hall–Kier alpha value is -9.33. The molecule has 834 valence electrons. The molecule has 0 heterocycles. The molecule has 0 aliphatic rings. The molecular formula is C129H202Cl2O17. The number of rotatable bonds is 51. The Kier molecular flexibility index (Phi) is 77.4. The number of aldehydes is 3. The van der Waals surface area contributed by atoms with Gasteiger partial charge in [0, 0.05) is 84.2 Å². The van der Waals surface area contributed by atoms with Crippen LogP contribution in [0.15, 0.2) is 200 Å². The van der Waals surface area contributed by atoms with Crippen molar-refractivity contribution in [1.82, 2.24) is 0 Å². The van der Waals surface area contributed by atoms with Gasteiger partial charge >= 0.3 is 0 Å². The van der Waals surface area contributed by atoms with E-state index in [-0.39, 0.29) is 155 Å². The number of aliphatic hydroxyl groups excluding tert-OH is 1. The van der Waals surface area contributed by atoms with Gasteiger partial charge in [-0.2, -0.15) is 0 Å². The maximum Gasteiger partial charge on any atom is 0.160 e. The lowest BCUT2D eigenvalue weighted by atomic mass is 9.86. The number of ketones is 6. The van der Waals surface area contributed by atoms with Crippen molar-refractivity contribution in [1.29, 1.82) is 0 Å². The molecule has 0 aliphatic carbocycles. The number of carbonyl (C=O) groups excluding carboxylic acids is 9. The Bertz CT molecular complexity index is 4880. The predicted molar refractivity (Wildman–Crippen MR) is 629 cm³/mol. The molecule has 17 nitrogen and oxygen atoms in total. The highest BCUT2D eigenvalue weighted by Gasteiger charge is 2.30. The third-order valence-electron chi connectivity index (χ3n) is 24.7. The summed E-state index contributed by atoms with van der Waals surface area (Å²) in [6.07, 6.45) is 61.2. The van der Waals surface area contributed by atoms with Crippen LogP contribution in [0.4, 0.5) is 0 Å². The van der Waals surface area contributed by atoms with Crippen molar-refractivity contribution in [2.75, 3.05) is 27.9 Å². The second-order valence-corrected chi connectivity index (χ2v) is 45.8. The molecule has 2 rings (SSSR count). The molecule has 19 heteroatoms. The number of allylic oxidation sites excluding steroid dienone is 30. The monoisotopic (exact) mass is 2090 g/mol. The highest BCUT2D eigenvalue weighted by molar-refractivity contribution is 6.34. The summed E-state index contributed by atoms with van der Waals surface area (Å²) in [6, 6.07) is 0. The van der Waals surface area contributed by atoms with Crippen molar-refractivity contribution in [3.63, 3.8) is 0 Å². The van der Waals surface area contributed by atoms with E-state index < -0.39 is 5.41 Å². The van der Waals surface area contributed by atoms with Gasteiger partial charge in [-0.05, 0) is 291 Å². The number of phenolic OH excluding ortho intramolecular Hbond substituents is 4. The van der Waals surface area contributed by atoms with E-state index in [2.05, 4.69) is 123 Å². The molecule has 5 N–H and O–H groups in total. The SMILES string of the molecule is CC(/C=C/C(=O)C(C)(C)C)=C\CC/C(C)=C/Cc1c(O)c(Cl)c(C)c(C=O)c1O.CC/C=C(\C)CC/C=C(C)/C=C/C(=O)C(C)(C)C.CC/C=C(\C)CC/C=C(C)/C=C/C(=O)C(C)(C)C.CC/C=C(\C)CC/C=C(\C)C(CC(=O)C(C)(C)C)OC.CC/C=C(\C)CC/C=C(\C)C=O.COC(CC(=O)C(C)(C)C)/C(C)=C/CC/C(C)=C/CO.COC(CC(=O)C(C)(C)C)/C(C)=C/CC/C(C)=C/Cc1c(O)c(Cl)c(C)c(C=O)c1O. The van der Waals surface area contributed by atoms with E-state index in [1.807, 2.05) is 229 Å². The van der Waals surface area contributed by atoms with Crippen LogP contribution < -0.4 is 0 Å². The van der Waals surface area contributed by atoms with Crippen molar-refractivity contribution in [2.24, 2.45) is 32.5 Å². The van der Waals surface area contributed by atoms with Crippen molar-refractivity contribution in [3.05, 3.63) is 243 Å². The fourth-order valence-corrected chi connectivity index (χ4v) is 14.1. The van der Waals surface area contributed by atoms with E-state index in [0.717, 1.165) is 172 Å². The lowest BCUT2D eigenvalue weighted by molar-refractivity contribution is -0.129. The lowest BCUT2D eigenvalue weighted by Gasteiger charge is -2.22. The summed E-state index contributed by atoms with van der Waals surface area (Å²) in [5.41, 5.74) is 15.9. The number of hydrogen-bond donors (Lipinski definition) is 5. The molecular weight excluding hydrogens is 1890 g/mol. The number of benzene rings is 2. The molecule has 2 aromatic rings. The summed E-state index contributed by atoms with van der Waals surface area (Å²) in [5, 5.41) is 50.0.